The molecule has 2 aromatic rings. The van der Waals surface area contributed by atoms with E-state index in [-0.39, 0.29) is 17.0 Å². The zero-order valence-corrected chi connectivity index (χ0v) is 12.2. The van der Waals surface area contributed by atoms with Crippen LogP contribution in [-0.2, 0) is 13.1 Å². The second-order valence-corrected chi connectivity index (χ2v) is 5.72. The molecule has 0 saturated heterocycles. The van der Waals surface area contributed by atoms with Crippen molar-refractivity contribution in [3.63, 3.8) is 0 Å². The minimum Gasteiger partial charge on any atom is -1.00 e. The molecule has 0 fully saturated rings. The van der Waals surface area contributed by atoms with Gasteiger partial charge < -0.3 is 21.5 Å². The van der Waals surface area contributed by atoms with E-state index in [1.54, 1.807) is 0 Å². The Balaban J connectivity index is 0.00000108. The van der Waals surface area contributed by atoms with Crippen LogP contribution in [0.5, 0.6) is 0 Å². The van der Waals surface area contributed by atoms with Crippen LogP contribution in [0, 0.1) is 6.92 Å². The maximum atomic E-state index is 2.38. The summed E-state index contributed by atoms with van der Waals surface area (Å²) < 4.78 is 1.09. The van der Waals surface area contributed by atoms with Crippen LogP contribution in [0.3, 0.4) is 0 Å². The smallest absolute Gasteiger partial charge is 0.105 e. The molecule has 0 radical (unpaired) electrons. The van der Waals surface area contributed by atoms with Gasteiger partial charge in [-0.15, -0.1) is 0 Å². The highest BCUT2D eigenvalue weighted by molar-refractivity contribution is 5.84. The summed E-state index contributed by atoms with van der Waals surface area (Å²) in [5.41, 5.74) is 4.41. The summed E-state index contributed by atoms with van der Waals surface area (Å²) in [6, 6.07) is 11.5. The lowest BCUT2D eigenvalue weighted by Crippen LogP contribution is -3.00. The summed E-state index contributed by atoms with van der Waals surface area (Å²) in [4.78, 5) is 0. The van der Waals surface area contributed by atoms with Crippen molar-refractivity contribution >= 4 is 10.8 Å². The van der Waals surface area contributed by atoms with E-state index in [9.17, 15) is 0 Å². The van der Waals surface area contributed by atoms with Crippen LogP contribution in [0.25, 0.3) is 10.8 Å². The molecule has 17 heavy (non-hydrogen) atoms. The number of nitrogens with zero attached hydrogens (tertiary/aromatic N) is 1. The van der Waals surface area contributed by atoms with E-state index in [2.05, 4.69) is 51.4 Å². The monoisotopic (exact) mass is 291 g/mol. The van der Waals surface area contributed by atoms with Gasteiger partial charge in [0, 0.05) is 11.1 Å². The number of benzene rings is 2. The molecule has 0 N–H and O–H groups in total. The maximum Gasteiger partial charge on any atom is 0.105 e. The van der Waals surface area contributed by atoms with E-state index in [4.69, 9.17) is 0 Å². The van der Waals surface area contributed by atoms with Crippen molar-refractivity contribution in [1.29, 1.82) is 0 Å². The number of hydrogen-bond donors (Lipinski definition) is 0. The quantitative estimate of drug-likeness (QED) is 0.610. The second-order valence-electron chi connectivity index (χ2n) is 5.72. The van der Waals surface area contributed by atoms with Gasteiger partial charge in [-0.05, 0) is 29.8 Å². The SMILES string of the molecule is Cc1ccc2cc3c(cc2c1)C[N+](C)(C)C3.[Br-]. The molecule has 0 bridgehead atoms. The topological polar surface area (TPSA) is 0 Å². The Bertz CT molecular complexity index is 572. The summed E-state index contributed by atoms with van der Waals surface area (Å²) >= 11 is 0. The second kappa shape index (κ2) is 4.11. The molecule has 0 unspecified atom stereocenters. The summed E-state index contributed by atoms with van der Waals surface area (Å²) in [6.45, 7) is 4.49. The molecule has 1 aliphatic rings. The first-order chi connectivity index (χ1) is 7.53. The highest BCUT2D eigenvalue weighted by Crippen LogP contribution is 2.30. The average Bonchev–Trinajstić information content (AvgIpc) is 2.47. The van der Waals surface area contributed by atoms with Crippen molar-refractivity contribution in [2.45, 2.75) is 20.0 Å². The zero-order valence-electron chi connectivity index (χ0n) is 10.6. The Morgan fingerprint density at radius 2 is 1.47 bits per heavy atom. The number of halogens is 1. The van der Waals surface area contributed by atoms with Crippen LogP contribution >= 0.6 is 0 Å². The molecule has 1 heterocycles. The summed E-state index contributed by atoms with van der Waals surface area (Å²) in [7, 11) is 4.60. The third kappa shape index (κ3) is 2.24. The first kappa shape index (κ1) is 12.6. The zero-order chi connectivity index (χ0) is 11.3. The predicted octanol–water partition coefficient (Wildman–Crippen LogP) is 0.242. The molecule has 0 saturated carbocycles. The van der Waals surface area contributed by atoms with Crippen LogP contribution in [0.1, 0.15) is 16.7 Å². The van der Waals surface area contributed by atoms with Gasteiger partial charge in [-0.1, -0.05) is 23.8 Å². The molecule has 1 aliphatic heterocycles. The van der Waals surface area contributed by atoms with Crippen LogP contribution in [-0.4, -0.2) is 18.6 Å². The molecule has 2 aromatic carbocycles. The molecular weight excluding hydrogens is 274 g/mol. The van der Waals surface area contributed by atoms with Gasteiger partial charge in [0.25, 0.3) is 0 Å². The van der Waals surface area contributed by atoms with Gasteiger partial charge in [-0.2, -0.15) is 0 Å². The first-order valence-electron chi connectivity index (χ1n) is 5.88. The fraction of sp³-hybridized carbons (Fsp3) is 0.333. The fourth-order valence-corrected chi connectivity index (χ4v) is 2.78. The van der Waals surface area contributed by atoms with Gasteiger partial charge in [-0.3, -0.25) is 0 Å². The highest BCUT2D eigenvalue weighted by atomic mass is 79.9. The van der Waals surface area contributed by atoms with Crippen LogP contribution in [0.2, 0.25) is 0 Å². The molecule has 0 atom stereocenters. The molecule has 3 rings (SSSR count). The van der Waals surface area contributed by atoms with Gasteiger partial charge >= 0.3 is 0 Å². The third-order valence-electron chi connectivity index (χ3n) is 3.51. The van der Waals surface area contributed by atoms with Gasteiger partial charge in [0.15, 0.2) is 0 Å². The minimum absolute atomic E-state index is 0. The van der Waals surface area contributed by atoms with Gasteiger partial charge in [0.1, 0.15) is 13.1 Å². The van der Waals surface area contributed by atoms with Crippen molar-refractivity contribution in [2.75, 3.05) is 14.1 Å². The molecule has 2 heteroatoms. The standard InChI is InChI=1S/C15H18N.BrH/c1-11-4-5-12-7-14-9-16(2,3)10-15(14)8-13(12)6-11;/h4-8H,9-10H2,1-3H3;1H/q+1;/p-1. The summed E-state index contributed by atoms with van der Waals surface area (Å²) in [5, 5.41) is 2.77. The van der Waals surface area contributed by atoms with Crippen molar-refractivity contribution in [3.05, 3.63) is 47.0 Å². The average molecular weight is 292 g/mol. The van der Waals surface area contributed by atoms with E-state index in [0.717, 1.165) is 4.48 Å². The largest absolute Gasteiger partial charge is 1.00 e. The third-order valence-corrected chi connectivity index (χ3v) is 3.51. The van der Waals surface area contributed by atoms with Crippen molar-refractivity contribution in [1.82, 2.24) is 0 Å². The minimum atomic E-state index is 0. The molecular formula is C15H18BrN. The van der Waals surface area contributed by atoms with Crippen molar-refractivity contribution in [2.24, 2.45) is 0 Å². The Hall–Kier alpha value is -0.860. The predicted molar refractivity (Wildman–Crippen MR) is 68.2 cm³/mol. The van der Waals surface area contributed by atoms with Crippen molar-refractivity contribution in [3.8, 4) is 0 Å². The lowest BCUT2D eigenvalue weighted by Gasteiger charge is -2.22. The molecule has 0 spiro atoms. The summed E-state index contributed by atoms with van der Waals surface area (Å²) in [6.07, 6.45) is 0. The molecule has 0 aromatic heterocycles. The lowest BCUT2D eigenvalue weighted by atomic mass is 10.0. The van der Waals surface area contributed by atoms with Crippen LogP contribution in [0.4, 0.5) is 0 Å². The first-order valence-corrected chi connectivity index (χ1v) is 5.88. The fourth-order valence-electron chi connectivity index (χ4n) is 2.78. The molecule has 0 amide bonds. The van der Waals surface area contributed by atoms with E-state index in [0.29, 0.717) is 0 Å². The Morgan fingerprint density at radius 3 is 2.12 bits per heavy atom. The number of rotatable bonds is 0. The van der Waals surface area contributed by atoms with E-state index < -0.39 is 0 Å². The number of fused-ring (bicyclic) bond motifs is 2. The molecule has 0 aliphatic carbocycles. The van der Waals surface area contributed by atoms with Crippen molar-refractivity contribution < 1.29 is 21.5 Å². The van der Waals surface area contributed by atoms with E-state index >= 15 is 0 Å². The molecule has 1 nitrogen and oxygen atoms in total. The number of hydrogen-bond acceptors (Lipinski definition) is 0. The van der Waals surface area contributed by atoms with Gasteiger partial charge in [0.2, 0.25) is 0 Å². The van der Waals surface area contributed by atoms with Crippen LogP contribution in [0.15, 0.2) is 30.3 Å². The summed E-state index contributed by atoms with van der Waals surface area (Å²) in [5.74, 6) is 0. The van der Waals surface area contributed by atoms with E-state index in [1.807, 2.05) is 0 Å². The van der Waals surface area contributed by atoms with E-state index in [1.165, 1.54) is 40.6 Å². The Labute approximate surface area is 113 Å². The van der Waals surface area contributed by atoms with Gasteiger partial charge in [-0.25, -0.2) is 0 Å². The Kier molecular flexibility index (Phi) is 3.04. The lowest BCUT2D eigenvalue weighted by molar-refractivity contribution is -0.910. The number of aryl methyl sites for hydroxylation is 1. The Morgan fingerprint density at radius 1 is 0.882 bits per heavy atom. The van der Waals surface area contributed by atoms with Gasteiger partial charge in [0.05, 0.1) is 14.1 Å². The normalized spacial score (nSPS) is 16.6. The van der Waals surface area contributed by atoms with Crippen LogP contribution < -0.4 is 17.0 Å². The maximum absolute atomic E-state index is 2.38. The number of quaternary nitrogens is 1. The highest BCUT2D eigenvalue weighted by Gasteiger charge is 2.27. The molecule has 90 valence electrons.